The lowest BCUT2D eigenvalue weighted by molar-refractivity contribution is -0.387. The van der Waals surface area contributed by atoms with Gasteiger partial charge in [-0.3, -0.25) is 10.1 Å². The average Bonchev–Trinajstić information content (AvgIpc) is 2.56. The summed E-state index contributed by atoms with van der Waals surface area (Å²) in [4.78, 5) is 11.5. The molecule has 0 aromatic heterocycles. The lowest BCUT2D eigenvalue weighted by Gasteiger charge is -2.31. The highest BCUT2D eigenvalue weighted by Crippen LogP contribution is 2.32. The summed E-state index contributed by atoms with van der Waals surface area (Å²) in [6, 6.07) is 5.86. The summed E-state index contributed by atoms with van der Waals surface area (Å²) in [6.07, 6.45) is 1.14. The van der Waals surface area contributed by atoms with Crippen molar-refractivity contribution in [3.05, 3.63) is 63.2 Å². The van der Waals surface area contributed by atoms with Crippen LogP contribution in [-0.4, -0.2) is 26.1 Å². The number of nitrogens with zero attached hydrogens (tertiary/aromatic N) is 2. The normalized spacial score (nSPS) is 14.3. The molecule has 0 radical (unpaired) electrons. The Kier molecular flexibility index (Phi) is 4.19. The van der Waals surface area contributed by atoms with Gasteiger partial charge in [0, 0.05) is 36.7 Å². The van der Waals surface area contributed by atoms with Gasteiger partial charge in [0.2, 0.25) is 0 Å². The van der Waals surface area contributed by atoms with Crippen LogP contribution in [0, 0.1) is 21.7 Å². The summed E-state index contributed by atoms with van der Waals surface area (Å²) in [6.45, 7) is 0.397. The molecule has 0 unspecified atom stereocenters. The number of rotatable bonds is 3. The molecule has 1 aliphatic heterocycles. The molecule has 0 amide bonds. The Bertz CT molecular complexity index is 976. The Morgan fingerprint density at radius 2 is 1.76 bits per heavy atom. The van der Waals surface area contributed by atoms with Gasteiger partial charge in [0.1, 0.15) is 16.5 Å². The molecule has 1 heterocycles. The van der Waals surface area contributed by atoms with Crippen molar-refractivity contribution in [1.29, 1.82) is 0 Å². The van der Waals surface area contributed by atoms with Crippen molar-refractivity contribution in [2.24, 2.45) is 0 Å². The molecule has 25 heavy (non-hydrogen) atoms. The van der Waals surface area contributed by atoms with E-state index < -0.39 is 37.0 Å². The van der Waals surface area contributed by atoms with Crippen molar-refractivity contribution >= 4 is 21.2 Å². The van der Waals surface area contributed by atoms with Crippen LogP contribution in [0.5, 0.6) is 0 Å². The zero-order chi connectivity index (χ0) is 18.4. The number of anilines is 1. The van der Waals surface area contributed by atoms with E-state index in [0.717, 1.165) is 24.5 Å². The average molecular weight is 368 g/mol. The van der Waals surface area contributed by atoms with E-state index in [1.165, 1.54) is 12.1 Å². The van der Waals surface area contributed by atoms with E-state index in [1.807, 2.05) is 0 Å². The van der Waals surface area contributed by atoms with Crippen LogP contribution in [0.2, 0.25) is 0 Å². The molecule has 0 saturated heterocycles. The third-order valence-electron chi connectivity index (χ3n) is 4.20. The van der Waals surface area contributed by atoms with Crippen LogP contribution >= 0.6 is 0 Å². The highest BCUT2D eigenvalue weighted by Gasteiger charge is 2.26. The Morgan fingerprint density at radius 3 is 2.36 bits per heavy atom. The molecule has 3 rings (SSSR count). The van der Waals surface area contributed by atoms with E-state index in [9.17, 15) is 27.3 Å². The monoisotopic (exact) mass is 368 g/mol. The van der Waals surface area contributed by atoms with Gasteiger partial charge in [-0.15, -0.1) is 0 Å². The first-order valence-corrected chi connectivity index (χ1v) is 9.27. The molecule has 0 N–H and O–H groups in total. The Labute approximate surface area is 142 Å². The third kappa shape index (κ3) is 3.19. The number of halogens is 2. The number of fused-ring (bicyclic) bond motifs is 1. The summed E-state index contributed by atoms with van der Waals surface area (Å²) >= 11 is 0. The van der Waals surface area contributed by atoms with Gasteiger partial charge in [0.15, 0.2) is 9.84 Å². The maximum atomic E-state index is 14.0. The predicted molar refractivity (Wildman–Crippen MR) is 87.3 cm³/mol. The highest BCUT2D eigenvalue weighted by molar-refractivity contribution is 7.90. The minimum absolute atomic E-state index is 0.0555. The van der Waals surface area contributed by atoms with Crippen molar-refractivity contribution in [3.8, 4) is 0 Å². The second-order valence-electron chi connectivity index (χ2n) is 5.84. The van der Waals surface area contributed by atoms with Gasteiger partial charge >= 0.3 is 0 Å². The van der Waals surface area contributed by atoms with E-state index in [-0.39, 0.29) is 18.5 Å². The Hall–Kier alpha value is -2.55. The molecular weight excluding hydrogens is 354 g/mol. The molecule has 9 heteroatoms. The molecular formula is C16H14F2N2O4S. The molecule has 0 aliphatic carbocycles. The smallest absolute Gasteiger partial charge is 0.288 e. The van der Waals surface area contributed by atoms with Crippen LogP contribution in [0.15, 0.2) is 35.2 Å². The lowest BCUT2D eigenvalue weighted by Crippen LogP contribution is -2.31. The fourth-order valence-electron chi connectivity index (χ4n) is 2.96. The number of nitro benzene ring substituents is 1. The van der Waals surface area contributed by atoms with Gasteiger partial charge in [0.25, 0.3) is 5.69 Å². The molecule has 2 aromatic carbocycles. The Morgan fingerprint density at radius 1 is 1.12 bits per heavy atom. The third-order valence-corrected chi connectivity index (χ3v) is 5.33. The summed E-state index contributed by atoms with van der Waals surface area (Å²) in [5.41, 5.74) is 0.410. The quantitative estimate of drug-likeness (QED) is 0.615. The molecule has 0 fully saturated rings. The zero-order valence-electron chi connectivity index (χ0n) is 13.2. The number of benzene rings is 2. The molecule has 132 valence electrons. The van der Waals surface area contributed by atoms with Crippen LogP contribution in [-0.2, 0) is 22.8 Å². The first kappa shape index (κ1) is 17.3. The standard InChI is InChI=1S/C16H14F2N2O4S/c1-25(23,24)16-8-10(2-5-15(16)20(21)22)19-7-6-11-12(9-19)14(18)4-3-13(11)17/h2-5,8H,6-7,9H2,1H3. The van der Waals surface area contributed by atoms with Crippen molar-refractivity contribution in [2.45, 2.75) is 17.9 Å². The van der Waals surface area contributed by atoms with E-state index in [2.05, 4.69) is 0 Å². The molecule has 6 nitrogen and oxygen atoms in total. The second kappa shape index (κ2) is 6.07. The van der Waals surface area contributed by atoms with Crippen molar-refractivity contribution in [2.75, 3.05) is 17.7 Å². The minimum Gasteiger partial charge on any atom is -0.367 e. The van der Waals surface area contributed by atoms with Gasteiger partial charge in [-0.25, -0.2) is 17.2 Å². The van der Waals surface area contributed by atoms with E-state index in [0.29, 0.717) is 17.8 Å². The molecule has 0 atom stereocenters. The van der Waals surface area contributed by atoms with Crippen LogP contribution in [0.4, 0.5) is 20.2 Å². The van der Waals surface area contributed by atoms with Gasteiger partial charge < -0.3 is 4.90 Å². The molecule has 0 saturated carbocycles. The first-order chi connectivity index (χ1) is 11.7. The summed E-state index contributed by atoms with van der Waals surface area (Å²) in [7, 11) is -3.82. The van der Waals surface area contributed by atoms with Crippen molar-refractivity contribution in [3.63, 3.8) is 0 Å². The zero-order valence-corrected chi connectivity index (χ0v) is 14.0. The van der Waals surface area contributed by atoms with Crippen molar-refractivity contribution < 1.29 is 22.1 Å². The van der Waals surface area contributed by atoms with Gasteiger partial charge in [-0.1, -0.05) is 0 Å². The van der Waals surface area contributed by atoms with E-state index >= 15 is 0 Å². The highest BCUT2D eigenvalue weighted by atomic mass is 32.2. The predicted octanol–water partition coefficient (Wildman–Crippen LogP) is 2.84. The number of nitro groups is 1. The van der Waals surface area contributed by atoms with E-state index in [4.69, 9.17) is 0 Å². The van der Waals surface area contributed by atoms with Crippen molar-refractivity contribution in [1.82, 2.24) is 0 Å². The molecule has 2 aromatic rings. The molecule has 0 bridgehead atoms. The van der Waals surface area contributed by atoms with Crippen LogP contribution < -0.4 is 4.90 Å². The fourth-order valence-corrected chi connectivity index (χ4v) is 3.82. The fraction of sp³-hybridized carbons (Fsp3) is 0.250. The van der Waals surface area contributed by atoms with Gasteiger partial charge in [-0.05, 0) is 36.2 Å². The van der Waals surface area contributed by atoms with E-state index in [1.54, 1.807) is 4.90 Å². The lowest BCUT2D eigenvalue weighted by atomic mass is 9.98. The maximum absolute atomic E-state index is 14.0. The summed E-state index contributed by atoms with van der Waals surface area (Å²) in [5.74, 6) is -1.01. The van der Waals surface area contributed by atoms with Crippen LogP contribution in [0.25, 0.3) is 0 Å². The largest absolute Gasteiger partial charge is 0.367 e. The number of hydrogen-bond acceptors (Lipinski definition) is 5. The summed E-state index contributed by atoms with van der Waals surface area (Å²) < 4.78 is 51.5. The van der Waals surface area contributed by atoms with Crippen LogP contribution in [0.3, 0.4) is 0 Å². The first-order valence-electron chi connectivity index (χ1n) is 7.37. The Balaban J connectivity index is 2.04. The SMILES string of the molecule is CS(=O)(=O)c1cc(N2CCc3c(F)ccc(F)c3C2)ccc1[N+](=O)[O-]. The molecule has 0 spiro atoms. The second-order valence-corrected chi connectivity index (χ2v) is 7.82. The minimum atomic E-state index is -3.82. The number of sulfone groups is 1. The van der Waals surface area contributed by atoms with Gasteiger partial charge in [0.05, 0.1) is 4.92 Å². The molecule has 1 aliphatic rings. The van der Waals surface area contributed by atoms with Gasteiger partial charge in [-0.2, -0.15) is 0 Å². The number of hydrogen-bond donors (Lipinski definition) is 0. The topological polar surface area (TPSA) is 80.5 Å². The van der Waals surface area contributed by atoms with Crippen LogP contribution in [0.1, 0.15) is 11.1 Å². The maximum Gasteiger partial charge on any atom is 0.288 e. The summed E-state index contributed by atoms with van der Waals surface area (Å²) in [5, 5.41) is 11.0.